The number of carbonyl (C=O) groups is 1. The molecule has 0 aromatic carbocycles. The second-order valence-corrected chi connectivity index (χ2v) is 5.40. The maximum Gasteiger partial charge on any atom is 0.261 e. The van der Waals surface area contributed by atoms with Crippen molar-refractivity contribution in [2.24, 2.45) is 5.92 Å². The Bertz CT molecular complexity index is 355. The summed E-state index contributed by atoms with van der Waals surface area (Å²) in [5.74, 6) is -0.0417. The summed E-state index contributed by atoms with van der Waals surface area (Å²) in [6, 6.07) is 1.66. The number of amides is 1. The largest absolute Gasteiger partial charge is 0.398 e. The maximum atomic E-state index is 11.7. The first-order valence-corrected chi connectivity index (χ1v) is 6.05. The molecule has 0 aliphatic rings. The Balaban J connectivity index is 2.53. The summed E-state index contributed by atoms with van der Waals surface area (Å²) in [5, 5.41) is 12.2. The van der Waals surface area contributed by atoms with E-state index in [4.69, 9.17) is 5.73 Å². The van der Waals surface area contributed by atoms with E-state index in [1.165, 1.54) is 11.3 Å². The molecule has 1 unspecified atom stereocenters. The van der Waals surface area contributed by atoms with Crippen molar-refractivity contribution in [2.45, 2.75) is 26.9 Å². The van der Waals surface area contributed by atoms with Crippen molar-refractivity contribution in [3.63, 3.8) is 0 Å². The molecule has 90 valence electrons. The van der Waals surface area contributed by atoms with Crippen molar-refractivity contribution in [1.29, 1.82) is 0 Å². The summed E-state index contributed by atoms with van der Waals surface area (Å²) in [7, 11) is 0. The number of nitrogens with one attached hydrogen (secondary N) is 1. The van der Waals surface area contributed by atoms with Crippen LogP contribution in [0.25, 0.3) is 0 Å². The molecule has 0 radical (unpaired) electrons. The lowest BCUT2D eigenvalue weighted by atomic mass is 10.1. The van der Waals surface area contributed by atoms with Crippen LogP contribution in [0.3, 0.4) is 0 Å². The molecule has 16 heavy (non-hydrogen) atoms. The van der Waals surface area contributed by atoms with Crippen LogP contribution >= 0.6 is 11.3 Å². The van der Waals surface area contributed by atoms with Crippen LogP contribution in [0.5, 0.6) is 0 Å². The Hall–Kier alpha value is -1.07. The zero-order chi connectivity index (χ0) is 12.3. The molecule has 1 atom stereocenters. The fourth-order valence-electron chi connectivity index (χ4n) is 1.13. The summed E-state index contributed by atoms with van der Waals surface area (Å²) < 4.78 is 0. The maximum absolute atomic E-state index is 11.7. The average molecular weight is 242 g/mol. The summed E-state index contributed by atoms with van der Waals surface area (Å²) in [6.07, 6.45) is -0.512. The highest BCUT2D eigenvalue weighted by atomic mass is 32.1. The lowest BCUT2D eigenvalue weighted by Gasteiger charge is -2.14. The summed E-state index contributed by atoms with van der Waals surface area (Å²) in [4.78, 5) is 13.2. The molecule has 5 heteroatoms. The van der Waals surface area contributed by atoms with Gasteiger partial charge in [-0.15, -0.1) is 11.3 Å². The molecule has 0 bridgehead atoms. The number of aliphatic hydroxyl groups excluding tert-OH is 1. The van der Waals surface area contributed by atoms with Crippen LogP contribution < -0.4 is 11.1 Å². The predicted molar refractivity (Wildman–Crippen MR) is 66.6 cm³/mol. The molecular weight excluding hydrogens is 224 g/mol. The topological polar surface area (TPSA) is 75.3 Å². The molecule has 1 aromatic rings. The van der Waals surface area contributed by atoms with Crippen LogP contribution in [-0.2, 0) is 0 Å². The molecule has 0 spiro atoms. The molecule has 0 aliphatic heterocycles. The molecule has 1 amide bonds. The summed E-state index contributed by atoms with van der Waals surface area (Å²) >= 11 is 1.36. The van der Waals surface area contributed by atoms with Gasteiger partial charge in [0, 0.05) is 17.1 Å². The van der Waals surface area contributed by atoms with Gasteiger partial charge in [0.15, 0.2) is 0 Å². The van der Waals surface area contributed by atoms with Gasteiger partial charge in [0.05, 0.1) is 11.0 Å². The van der Waals surface area contributed by atoms with Gasteiger partial charge in [0.1, 0.15) is 0 Å². The van der Waals surface area contributed by atoms with Gasteiger partial charge in [-0.25, -0.2) is 0 Å². The van der Waals surface area contributed by atoms with Crippen LogP contribution in [-0.4, -0.2) is 23.7 Å². The molecule has 0 saturated carbocycles. The summed E-state index contributed by atoms with van der Waals surface area (Å²) in [5.41, 5.74) is 6.30. The van der Waals surface area contributed by atoms with Crippen molar-refractivity contribution in [2.75, 3.05) is 12.3 Å². The van der Waals surface area contributed by atoms with E-state index < -0.39 is 6.10 Å². The standard InChI is InChI=1S/C11H18N2O2S/c1-6(2)9(14)5-13-11(15)10-4-8(12)7(3)16-10/h4,6,9,14H,5,12H2,1-3H3,(H,13,15). The lowest BCUT2D eigenvalue weighted by Crippen LogP contribution is -2.34. The first-order chi connectivity index (χ1) is 7.41. The fourth-order valence-corrected chi connectivity index (χ4v) is 1.99. The Labute approximate surface area is 99.5 Å². The van der Waals surface area contributed by atoms with E-state index in [2.05, 4.69) is 5.32 Å². The lowest BCUT2D eigenvalue weighted by molar-refractivity contribution is 0.0875. The molecule has 4 nitrogen and oxygen atoms in total. The summed E-state index contributed by atoms with van der Waals surface area (Å²) in [6.45, 7) is 5.96. The van der Waals surface area contributed by atoms with Crippen molar-refractivity contribution < 1.29 is 9.90 Å². The van der Waals surface area contributed by atoms with Gasteiger partial charge in [-0.1, -0.05) is 13.8 Å². The van der Waals surface area contributed by atoms with E-state index in [1.807, 2.05) is 20.8 Å². The highest BCUT2D eigenvalue weighted by Crippen LogP contribution is 2.23. The Morgan fingerprint density at radius 2 is 2.25 bits per heavy atom. The number of aliphatic hydroxyl groups is 1. The Morgan fingerprint density at radius 1 is 1.62 bits per heavy atom. The SMILES string of the molecule is Cc1sc(C(=O)NCC(O)C(C)C)cc1N. The van der Waals surface area contributed by atoms with E-state index in [0.717, 1.165) is 4.88 Å². The monoisotopic (exact) mass is 242 g/mol. The van der Waals surface area contributed by atoms with Gasteiger partial charge in [-0.05, 0) is 18.9 Å². The third-order valence-electron chi connectivity index (χ3n) is 2.42. The van der Waals surface area contributed by atoms with E-state index in [1.54, 1.807) is 6.07 Å². The Kier molecular flexibility index (Phi) is 4.32. The van der Waals surface area contributed by atoms with Crippen molar-refractivity contribution >= 4 is 22.9 Å². The number of rotatable bonds is 4. The minimum atomic E-state index is -0.512. The average Bonchev–Trinajstić information content (AvgIpc) is 2.55. The first kappa shape index (κ1) is 13.0. The van der Waals surface area contributed by atoms with Crippen molar-refractivity contribution in [3.05, 3.63) is 15.8 Å². The van der Waals surface area contributed by atoms with Gasteiger partial charge >= 0.3 is 0 Å². The number of anilines is 1. The van der Waals surface area contributed by atoms with Crippen molar-refractivity contribution in [3.8, 4) is 0 Å². The van der Waals surface area contributed by atoms with Gasteiger partial charge in [-0.3, -0.25) is 4.79 Å². The van der Waals surface area contributed by atoms with Crippen LogP contribution in [0.15, 0.2) is 6.07 Å². The third-order valence-corrected chi connectivity index (χ3v) is 3.49. The third kappa shape index (κ3) is 3.21. The number of hydrogen-bond donors (Lipinski definition) is 3. The quantitative estimate of drug-likeness (QED) is 0.746. The van der Waals surface area contributed by atoms with Gasteiger partial charge in [-0.2, -0.15) is 0 Å². The zero-order valence-corrected chi connectivity index (χ0v) is 10.6. The number of nitrogen functional groups attached to an aromatic ring is 1. The van der Waals surface area contributed by atoms with E-state index in [0.29, 0.717) is 10.6 Å². The molecule has 1 heterocycles. The van der Waals surface area contributed by atoms with E-state index >= 15 is 0 Å². The molecule has 0 aliphatic carbocycles. The highest BCUT2D eigenvalue weighted by molar-refractivity contribution is 7.14. The van der Waals surface area contributed by atoms with Gasteiger partial charge in [0.2, 0.25) is 0 Å². The van der Waals surface area contributed by atoms with Crippen LogP contribution in [0.1, 0.15) is 28.4 Å². The number of nitrogens with two attached hydrogens (primary N) is 1. The number of aryl methyl sites for hydroxylation is 1. The van der Waals surface area contributed by atoms with Gasteiger partial charge in [0.25, 0.3) is 5.91 Å². The molecule has 0 fully saturated rings. The first-order valence-electron chi connectivity index (χ1n) is 5.24. The molecule has 1 aromatic heterocycles. The Morgan fingerprint density at radius 3 is 2.69 bits per heavy atom. The van der Waals surface area contributed by atoms with Gasteiger partial charge < -0.3 is 16.2 Å². The molecule has 0 saturated heterocycles. The number of thiophene rings is 1. The van der Waals surface area contributed by atoms with Crippen LogP contribution in [0.2, 0.25) is 0 Å². The smallest absolute Gasteiger partial charge is 0.261 e. The molecule has 4 N–H and O–H groups in total. The second kappa shape index (κ2) is 5.32. The van der Waals surface area contributed by atoms with E-state index in [9.17, 15) is 9.90 Å². The van der Waals surface area contributed by atoms with Crippen LogP contribution in [0.4, 0.5) is 5.69 Å². The predicted octanol–water partition coefficient (Wildman–Crippen LogP) is 1.39. The second-order valence-electron chi connectivity index (χ2n) is 4.14. The normalized spacial score (nSPS) is 12.8. The molecular formula is C11H18N2O2S. The van der Waals surface area contributed by atoms with Crippen molar-refractivity contribution in [1.82, 2.24) is 5.32 Å². The highest BCUT2D eigenvalue weighted by Gasteiger charge is 2.14. The minimum Gasteiger partial charge on any atom is -0.398 e. The number of carbonyl (C=O) groups excluding carboxylic acids is 1. The zero-order valence-electron chi connectivity index (χ0n) is 9.78. The fraction of sp³-hybridized carbons (Fsp3) is 0.545. The minimum absolute atomic E-state index is 0.135. The molecule has 1 rings (SSSR count). The van der Waals surface area contributed by atoms with Crippen LogP contribution in [0, 0.1) is 12.8 Å². The van der Waals surface area contributed by atoms with E-state index in [-0.39, 0.29) is 18.4 Å². The number of hydrogen-bond acceptors (Lipinski definition) is 4.